The van der Waals surface area contributed by atoms with Gasteiger partial charge in [0.25, 0.3) is 5.91 Å². The van der Waals surface area contributed by atoms with Gasteiger partial charge in [0.05, 0.1) is 11.3 Å². The lowest BCUT2D eigenvalue weighted by Crippen LogP contribution is -2.26. The Bertz CT molecular complexity index is 446. The minimum absolute atomic E-state index is 0.127. The van der Waals surface area contributed by atoms with Crippen LogP contribution in [0, 0.1) is 12.8 Å². The number of carbonyl (C=O) groups is 1. The molecule has 0 aliphatic rings. The average Bonchev–Trinajstić information content (AvgIpc) is 2.45. The second kappa shape index (κ2) is 9.34. The fourth-order valence-electron chi connectivity index (χ4n) is 2.19. The number of aryl methyl sites for hydroxylation is 1. The molecule has 4 N–H and O–H groups in total. The predicted octanol–water partition coefficient (Wildman–Crippen LogP) is 3.01. The van der Waals surface area contributed by atoms with Crippen molar-refractivity contribution in [2.45, 2.75) is 52.9 Å². The summed E-state index contributed by atoms with van der Waals surface area (Å²) in [5.74, 6) is 6.09. The topological polar surface area (TPSA) is 80.0 Å². The number of hydrogen-bond donors (Lipinski definition) is 3. The molecule has 118 valence electrons. The molecule has 1 aromatic heterocycles. The Hall–Kier alpha value is -1.62. The number of hydrogen-bond acceptors (Lipinski definition) is 4. The first kappa shape index (κ1) is 17.4. The van der Waals surface area contributed by atoms with Crippen LogP contribution in [0.15, 0.2) is 12.3 Å². The largest absolute Gasteiger partial charge is 0.352 e. The summed E-state index contributed by atoms with van der Waals surface area (Å²) in [5, 5.41) is 2.92. The summed E-state index contributed by atoms with van der Waals surface area (Å²) in [6, 6.07) is 1.76. The number of unbranched alkanes of at least 4 members (excludes halogenated alkanes) is 3. The number of carbonyl (C=O) groups excluding carboxylic acids is 1. The lowest BCUT2D eigenvalue weighted by Gasteiger charge is -2.10. The van der Waals surface area contributed by atoms with E-state index in [0.717, 1.165) is 24.5 Å². The Morgan fingerprint density at radius 3 is 2.67 bits per heavy atom. The number of rotatable bonds is 9. The van der Waals surface area contributed by atoms with Crippen molar-refractivity contribution in [3.8, 4) is 0 Å². The molecule has 0 aliphatic heterocycles. The third kappa shape index (κ3) is 6.58. The van der Waals surface area contributed by atoms with E-state index in [-0.39, 0.29) is 5.91 Å². The van der Waals surface area contributed by atoms with Crippen LogP contribution in [-0.2, 0) is 0 Å². The molecule has 1 aromatic rings. The molecule has 0 aliphatic carbocycles. The predicted molar refractivity (Wildman–Crippen MR) is 87.0 cm³/mol. The quantitative estimate of drug-likeness (QED) is 0.371. The van der Waals surface area contributed by atoms with Gasteiger partial charge in [0.1, 0.15) is 0 Å². The zero-order valence-corrected chi connectivity index (χ0v) is 13.4. The Morgan fingerprint density at radius 1 is 1.29 bits per heavy atom. The van der Waals surface area contributed by atoms with Crippen molar-refractivity contribution < 1.29 is 4.79 Å². The van der Waals surface area contributed by atoms with E-state index in [0.29, 0.717) is 17.8 Å². The van der Waals surface area contributed by atoms with Crippen molar-refractivity contribution in [2.75, 3.05) is 12.0 Å². The van der Waals surface area contributed by atoms with E-state index in [1.165, 1.54) is 19.3 Å². The highest BCUT2D eigenvalue weighted by molar-refractivity contribution is 5.99. The van der Waals surface area contributed by atoms with Gasteiger partial charge in [-0.05, 0) is 25.3 Å². The molecule has 0 radical (unpaired) electrons. The summed E-state index contributed by atoms with van der Waals surface area (Å²) >= 11 is 0. The molecule has 0 saturated carbocycles. The molecule has 0 unspecified atom stereocenters. The smallest absolute Gasteiger partial charge is 0.255 e. The van der Waals surface area contributed by atoms with Crippen molar-refractivity contribution in [1.82, 2.24) is 10.3 Å². The van der Waals surface area contributed by atoms with Crippen LogP contribution in [0.25, 0.3) is 0 Å². The van der Waals surface area contributed by atoms with Gasteiger partial charge in [0.15, 0.2) is 0 Å². The Labute approximate surface area is 127 Å². The molecule has 1 rings (SSSR count). The summed E-state index contributed by atoms with van der Waals surface area (Å²) < 4.78 is 0. The van der Waals surface area contributed by atoms with Gasteiger partial charge in [-0.2, -0.15) is 0 Å². The van der Waals surface area contributed by atoms with Gasteiger partial charge in [-0.1, -0.05) is 39.5 Å². The molecular weight excluding hydrogens is 264 g/mol. The van der Waals surface area contributed by atoms with Gasteiger partial charge in [-0.15, -0.1) is 0 Å². The summed E-state index contributed by atoms with van der Waals surface area (Å²) in [5.41, 5.74) is 4.47. The number of nitrogens with one attached hydrogen (secondary N) is 2. The second-order valence-electron chi connectivity index (χ2n) is 5.87. The molecule has 5 nitrogen and oxygen atoms in total. The van der Waals surface area contributed by atoms with E-state index in [2.05, 4.69) is 29.6 Å². The van der Waals surface area contributed by atoms with Gasteiger partial charge in [-0.25, -0.2) is 0 Å². The molecule has 1 heterocycles. The van der Waals surface area contributed by atoms with Crippen molar-refractivity contribution in [3.05, 3.63) is 23.5 Å². The van der Waals surface area contributed by atoms with Crippen LogP contribution in [0.2, 0.25) is 0 Å². The fourth-order valence-corrected chi connectivity index (χ4v) is 2.19. The second-order valence-corrected chi connectivity index (χ2v) is 5.87. The average molecular weight is 292 g/mol. The zero-order valence-electron chi connectivity index (χ0n) is 13.4. The molecule has 0 aromatic carbocycles. The summed E-state index contributed by atoms with van der Waals surface area (Å²) in [7, 11) is 0. The number of hydrazine groups is 1. The molecule has 0 atom stereocenters. The van der Waals surface area contributed by atoms with Crippen molar-refractivity contribution in [2.24, 2.45) is 11.8 Å². The van der Waals surface area contributed by atoms with Crippen LogP contribution in [0.5, 0.6) is 0 Å². The molecule has 21 heavy (non-hydrogen) atoms. The van der Waals surface area contributed by atoms with Crippen LogP contribution in [-0.4, -0.2) is 17.4 Å². The number of nitrogen functional groups attached to an aromatic ring is 1. The standard InChI is InChI=1S/C16H28N4O/c1-12(2)8-6-4-5-7-9-18-16(21)14-11-19-13(3)10-15(14)20-17/h10-12H,4-9,17H2,1-3H3,(H,18,21)(H,19,20). The molecule has 1 amide bonds. The zero-order chi connectivity index (χ0) is 15.7. The number of nitrogens with zero attached hydrogens (tertiary/aromatic N) is 1. The number of amides is 1. The fraction of sp³-hybridized carbons (Fsp3) is 0.625. The normalized spacial score (nSPS) is 10.7. The number of anilines is 1. The molecule has 5 heteroatoms. The lowest BCUT2D eigenvalue weighted by atomic mass is 10.0. The van der Waals surface area contributed by atoms with Gasteiger partial charge < -0.3 is 10.7 Å². The van der Waals surface area contributed by atoms with E-state index >= 15 is 0 Å². The minimum Gasteiger partial charge on any atom is -0.352 e. The van der Waals surface area contributed by atoms with Crippen molar-refractivity contribution in [1.29, 1.82) is 0 Å². The third-order valence-corrected chi connectivity index (χ3v) is 3.43. The highest BCUT2D eigenvalue weighted by Crippen LogP contribution is 2.14. The summed E-state index contributed by atoms with van der Waals surface area (Å²) in [6.45, 7) is 7.05. The summed E-state index contributed by atoms with van der Waals surface area (Å²) in [4.78, 5) is 16.2. The van der Waals surface area contributed by atoms with Crippen LogP contribution >= 0.6 is 0 Å². The summed E-state index contributed by atoms with van der Waals surface area (Å²) in [6.07, 6.45) is 7.51. The highest BCUT2D eigenvalue weighted by Gasteiger charge is 2.11. The van der Waals surface area contributed by atoms with E-state index in [9.17, 15) is 4.79 Å². The van der Waals surface area contributed by atoms with Gasteiger partial charge in [0.2, 0.25) is 0 Å². The lowest BCUT2D eigenvalue weighted by molar-refractivity contribution is 0.0953. The Balaban J connectivity index is 2.28. The van der Waals surface area contributed by atoms with E-state index in [1.54, 1.807) is 12.3 Å². The number of aromatic nitrogens is 1. The maximum absolute atomic E-state index is 12.1. The minimum atomic E-state index is -0.127. The van der Waals surface area contributed by atoms with Crippen LogP contribution < -0.4 is 16.6 Å². The van der Waals surface area contributed by atoms with E-state index < -0.39 is 0 Å². The first-order valence-corrected chi connectivity index (χ1v) is 7.76. The third-order valence-electron chi connectivity index (χ3n) is 3.43. The maximum atomic E-state index is 12.1. The Morgan fingerprint density at radius 2 is 2.00 bits per heavy atom. The number of nitrogens with two attached hydrogens (primary N) is 1. The van der Waals surface area contributed by atoms with Crippen molar-refractivity contribution in [3.63, 3.8) is 0 Å². The number of pyridine rings is 1. The monoisotopic (exact) mass is 292 g/mol. The van der Waals surface area contributed by atoms with Gasteiger partial charge in [-0.3, -0.25) is 15.6 Å². The van der Waals surface area contributed by atoms with E-state index in [4.69, 9.17) is 5.84 Å². The van der Waals surface area contributed by atoms with Crippen LogP contribution in [0.4, 0.5) is 5.69 Å². The molecular formula is C16H28N4O. The SMILES string of the molecule is Cc1cc(NN)c(C(=O)NCCCCCCC(C)C)cn1. The van der Waals surface area contributed by atoms with Gasteiger partial charge >= 0.3 is 0 Å². The first-order valence-electron chi connectivity index (χ1n) is 7.76. The molecule has 0 bridgehead atoms. The van der Waals surface area contributed by atoms with Gasteiger partial charge in [0, 0.05) is 18.4 Å². The molecule has 0 saturated heterocycles. The van der Waals surface area contributed by atoms with E-state index in [1.807, 2.05) is 6.92 Å². The molecule has 0 fully saturated rings. The maximum Gasteiger partial charge on any atom is 0.255 e. The van der Waals surface area contributed by atoms with Crippen molar-refractivity contribution >= 4 is 11.6 Å². The first-order chi connectivity index (χ1) is 10.0. The highest BCUT2D eigenvalue weighted by atomic mass is 16.1. The molecule has 0 spiro atoms. The van der Waals surface area contributed by atoms with Crippen LogP contribution in [0.3, 0.4) is 0 Å². The Kier molecular flexibility index (Phi) is 7.75. The van der Waals surface area contributed by atoms with Crippen LogP contribution in [0.1, 0.15) is 62.0 Å².